The van der Waals surface area contributed by atoms with Gasteiger partial charge in [-0.15, -0.1) is 0 Å². The molecule has 1 aromatic carbocycles. The van der Waals surface area contributed by atoms with E-state index in [2.05, 4.69) is 10.6 Å². The topological polar surface area (TPSA) is 84.5 Å². The minimum absolute atomic E-state index is 0.131. The summed E-state index contributed by atoms with van der Waals surface area (Å²) in [5.74, 6) is -0.131. The maximum Gasteiger partial charge on any atom is 0.232 e. The Morgan fingerprint density at radius 2 is 1.95 bits per heavy atom. The van der Waals surface area contributed by atoms with Crippen molar-refractivity contribution in [1.82, 2.24) is 0 Å². The molecule has 1 fully saturated rings. The number of amides is 1. The first-order valence-corrected chi connectivity index (χ1v) is 8.78. The van der Waals surface area contributed by atoms with Crippen LogP contribution in [0.1, 0.15) is 12.8 Å². The lowest BCUT2D eigenvalue weighted by Crippen LogP contribution is -2.44. The SMILES string of the molecule is CS(=O)(=O)c1cccc2c1NC(=O)C1(CCOCC1)CN2. The molecule has 2 heterocycles. The zero-order valence-corrected chi connectivity index (χ0v) is 12.6. The second kappa shape index (κ2) is 4.99. The van der Waals surface area contributed by atoms with E-state index >= 15 is 0 Å². The van der Waals surface area contributed by atoms with Crippen molar-refractivity contribution in [2.24, 2.45) is 5.41 Å². The fourth-order valence-corrected chi connectivity index (χ4v) is 3.73. The van der Waals surface area contributed by atoms with E-state index in [4.69, 9.17) is 4.74 Å². The van der Waals surface area contributed by atoms with Crippen LogP contribution in [0.4, 0.5) is 11.4 Å². The van der Waals surface area contributed by atoms with Gasteiger partial charge in [-0.05, 0) is 25.0 Å². The molecule has 0 bridgehead atoms. The van der Waals surface area contributed by atoms with Gasteiger partial charge in [0, 0.05) is 26.0 Å². The van der Waals surface area contributed by atoms with Crippen LogP contribution in [-0.2, 0) is 19.4 Å². The Hall–Kier alpha value is -1.60. The number of fused-ring (bicyclic) bond motifs is 1. The molecule has 2 aliphatic heterocycles. The summed E-state index contributed by atoms with van der Waals surface area (Å²) in [5, 5.41) is 6.05. The molecule has 1 amide bonds. The Morgan fingerprint density at radius 3 is 2.62 bits per heavy atom. The van der Waals surface area contributed by atoms with Crippen molar-refractivity contribution in [3.63, 3.8) is 0 Å². The van der Waals surface area contributed by atoms with Crippen molar-refractivity contribution in [1.29, 1.82) is 0 Å². The molecule has 1 saturated heterocycles. The van der Waals surface area contributed by atoms with Gasteiger partial charge in [-0.25, -0.2) is 8.42 Å². The van der Waals surface area contributed by atoms with Crippen LogP contribution >= 0.6 is 0 Å². The predicted molar refractivity (Wildman–Crippen MR) is 79.2 cm³/mol. The van der Waals surface area contributed by atoms with E-state index in [0.717, 1.165) is 6.26 Å². The van der Waals surface area contributed by atoms with Gasteiger partial charge < -0.3 is 15.4 Å². The largest absolute Gasteiger partial charge is 0.382 e. The maximum absolute atomic E-state index is 12.6. The summed E-state index contributed by atoms with van der Waals surface area (Å²) < 4.78 is 29.1. The van der Waals surface area contributed by atoms with Gasteiger partial charge in [0.2, 0.25) is 5.91 Å². The van der Waals surface area contributed by atoms with Crippen LogP contribution in [0.3, 0.4) is 0 Å². The summed E-state index contributed by atoms with van der Waals surface area (Å²) in [6, 6.07) is 4.97. The summed E-state index contributed by atoms with van der Waals surface area (Å²) >= 11 is 0. The van der Waals surface area contributed by atoms with E-state index in [1.165, 1.54) is 6.07 Å². The molecular formula is C14H18N2O4S. The van der Waals surface area contributed by atoms with E-state index in [9.17, 15) is 13.2 Å². The van der Waals surface area contributed by atoms with Crippen molar-refractivity contribution in [3.05, 3.63) is 18.2 Å². The summed E-state index contributed by atoms with van der Waals surface area (Å²) in [6.07, 6.45) is 2.41. The van der Waals surface area contributed by atoms with E-state index in [-0.39, 0.29) is 10.8 Å². The van der Waals surface area contributed by atoms with Crippen LogP contribution in [-0.4, -0.2) is 40.3 Å². The summed E-state index contributed by atoms with van der Waals surface area (Å²) in [7, 11) is -3.41. The van der Waals surface area contributed by atoms with Crippen LogP contribution in [0.2, 0.25) is 0 Å². The molecule has 1 aromatic rings. The Balaban J connectivity index is 2.03. The quantitative estimate of drug-likeness (QED) is 0.815. The number of para-hydroxylation sites is 1. The number of rotatable bonds is 1. The number of ether oxygens (including phenoxy) is 1. The monoisotopic (exact) mass is 310 g/mol. The fraction of sp³-hybridized carbons (Fsp3) is 0.500. The average Bonchev–Trinajstić information content (AvgIpc) is 2.57. The van der Waals surface area contributed by atoms with Crippen molar-refractivity contribution < 1.29 is 17.9 Å². The van der Waals surface area contributed by atoms with E-state index in [1.54, 1.807) is 12.1 Å². The number of sulfone groups is 1. The molecule has 0 radical (unpaired) electrons. The molecule has 0 unspecified atom stereocenters. The third-order valence-corrected chi connectivity index (χ3v) is 5.35. The molecule has 0 aromatic heterocycles. The third kappa shape index (κ3) is 2.51. The first kappa shape index (κ1) is 14.3. The minimum Gasteiger partial charge on any atom is -0.382 e. The Morgan fingerprint density at radius 1 is 1.24 bits per heavy atom. The lowest BCUT2D eigenvalue weighted by atomic mass is 9.79. The number of benzene rings is 1. The summed E-state index contributed by atoms with van der Waals surface area (Å²) in [6.45, 7) is 1.58. The van der Waals surface area contributed by atoms with Crippen LogP contribution in [0.25, 0.3) is 0 Å². The highest BCUT2D eigenvalue weighted by Gasteiger charge is 2.42. The molecule has 114 valence electrons. The van der Waals surface area contributed by atoms with E-state index in [0.29, 0.717) is 44.0 Å². The zero-order chi connectivity index (χ0) is 15.1. The molecule has 21 heavy (non-hydrogen) atoms. The van der Waals surface area contributed by atoms with Crippen molar-refractivity contribution in [3.8, 4) is 0 Å². The number of hydrogen-bond acceptors (Lipinski definition) is 5. The van der Waals surface area contributed by atoms with E-state index < -0.39 is 15.3 Å². The highest BCUT2D eigenvalue weighted by Crippen LogP contribution is 2.39. The Kier molecular flexibility index (Phi) is 3.41. The fourth-order valence-electron chi connectivity index (χ4n) is 2.87. The first-order chi connectivity index (χ1) is 9.92. The van der Waals surface area contributed by atoms with Gasteiger partial charge in [0.1, 0.15) is 0 Å². The van der Waals surface area contributed by atoms with Crippen LogP contribution < -0.4 is 10.6 Å². The second-order valence-electron chi connectivity index (χ2n) is 5.65. The number of carbonyl (C=O) groups is 1. The smallest absolute Gasteiger partial charge is 0.232 e. The Bertz CT molecular complexity index is 678. The lowest BCUT2D eigenvalue weighted by Gasteiger charge is -2.34. The molecule has 0 atom stereocenters. The molecular weight excluding hydrogens is 292 g/mol. The molecule has 3 rings (SSSR count). The number of anilines is 2. The van der Waals surface area contributed by atoms with Gasteiger partial charge in [-0.2, -0.15) is 0 Å². The second-order valence-corrected chi connectivity index (χ2v) is 7.64. The number of carbonyl (C=O) groups excluding carboxylic acids is 1. The molecule has 1 spiro atoms. The maximum atomic E-state index is 12.6. The summed E-state index contributed by atoms with van der Waals surface area (Å²) in [4.78, 5) is 12.8. The van der Waals surface area contributed by atoms with Gasteiger partial charge in [0.25, 0.3) is 0 Å². The highest BCUT2D eigenvalue weighted by molar-refractivity contribution is 7.90. The van der Waals surface area contributed by atoms with Gasteiger partial charge in [-0.3, -0.25) is 4.79 Å². The predicted octanol–water partition coefficient (Wildman–Crippen LogP) is 1.25. The summed E-state index contributed by atoms with van der Waals surface area (Å²) in [5.41, 5.74) is 0.467. The van der Waals surface area contributed by atoms with Gasteiger partial charge in [-0.1, -0.05) is 6.07 Å². The van der Waals surface area contributed by atoms with Crippen LogP contribution in [0.15, 0.2) is 23.1 Å². The Labute approximate surface area is 123 Å². The lowest BCUT2D eigenvalue weighted by molar-refractivity contribution is -0.129. The van der Waals surface area contributed by atoms with Gasteiger partial charge >= 0.3 is 0 Å². The first-order valence-electron chi connectivity index (χ1n) is 6.89. The van der Waals surface area contributed by atoms with Crippen molar-refractivity contribution in [2.45, 2.75) is 17.7 Å². The van der Waals surface area contributed by atoms with Crippen LogP contribution in [0, 0.1) is 5.41 Å². The standard InChI is InChI=1S/C14H18N2O4S/c1-21(18,19)11-4-2-3-10-12(11)16-13(17)14(9-15-10)5-7-20-8-6-14/h2-4,15H,5-9H2,1H3,(H,16,17). The molecule has 0 aliphatic carbocycles. The van der Waals surface area contributed by atoms with Crippen LogP contribution in [0.5, 0.6) is 0 Å². The molecule has 2 N–H and O–H groups in total. The highest BCUT2D eigenvalue weighted by atomic mass is 32.2. The minimum atomic E-state index is -3.41. The van der Waals surface area contributed by atoms with Crippen molar-refractivity contribution >= 4 is 27.1 Å². The normalized spacial score (nSPS) is 21.1. The van der Waals surface area contributed by atoms with E-state index in [1.807, 2.05) is 0 Å². The molecule has 2 aliphatic rings. The molecule has 6 nitrogen and oxygen atoms in total. The van der Waals surface area contributed by atoms with Gasteiger partial charge in [0.15, 0.2) is 9.84 Å². The van der Waals surface area contributed by atoms with Crippen molar-refractivity contribution in [2.75, 3.05) is 36.6 Å². The molecule has 0 saturated carbocycles. The molecule has 7 heteroatoms. The third-order valence-electron chi connectivity index (χ3n) is 4.21. The van der Waals surface area contributed by atoms with Gasteiger partial charge in [0.05, 0.1) is 21.7 Å². The zero-order valence-electron chi connectivity index (χ0n) is 11.8. The number of hydrogen-bond donors (Lipinski definition) is 2. The average molecular weight is 310 g/mol. The number of nitrogens with one attached hydrogen (secondary N) is 2.